The van der Waals surface area contributed by atoms with Gasteiger partial charge >= 0.3 is 0 Å². The molecule has 2 N–H and O–H groups in total. The van der Waals surface area contributed by atoms with Crippen molar-refractivity contribution in [3.8, 4) is 0 Å². The van der Waals surface area contributed by atoms with E-state index in [2.05, 4.69) is 15.4 Å². The van der Waals surface area contributed by atoms with Crippen LogP contribution in [0.4, 0.5) is 0 Å². The molecule has 1 saturated carbocycles. The molecule has 84 valence electrons. The maximum Gasteiger partial charge on any atom is 0.177 e. The Labute approximate surface area is 87.9 Å². The van der Waals surface area contributed by atoms with Gasteiger partial charge in [0.15, 0.2) is 5.82 Å². The lowest BCUT2D eigenvalue weighted by molar-refractivity contribution is -0.0697. The standard InChI is InChI=1S/C9H16N4O2/c1-13-11-8(10-12-13)6-7(14)9(15)4-2-3-5-9/h7,14-15H,2-6H2,1H3. The monoisotopic (exact) mass is 212 g/mol. The SMILES string of the molecule is Cn1nnc(CC(O)C2(O)CCCC2)n1. The number of aliphatic hydroxyl groups is 2. The minimum atomic E-state index is -0.945. The van der Waals surface area contributed by atoms with E-state index in [1.54, 1.807) is 7.05 Å². The Morgan fingerprint density at radius 1 is 1.47 bits per heavy atom. The molecule has 0 radical (unpaired) electrons. The minimum absolute atomic E-state index is 0.268. The highest BCUT2D eigenvalue weighted by molar-refractivity contribution is 4.95. The molecule has 6 nitrogen and oxygen atoms in total. The second-order valence-corrected chi connectivity index (χ2v) is 4.23. The van der Waals surface area contributed by atoms with Gasteiger partial charge in [-0.3, -0.25) is 0 Å². The number of aryl methyl sites for hydroxylation is 1. The molecule has 6 heteroatoms. The highest BCUT2D eigenvalue weighted by atomic mass is 16.3. The lowest BCUT2D eigenvalue weighted by atomic mass is 9.92. The summed E-state index contributed by atoms with van der Waals surface area (Å²) in [5.41, 5.74) is -0.945. The van der Waals surface area contributed by atoms with Crippen molar-refractivity contribution in [1.82, 2.24) is 20.2 Å². The van der Waals surface area contributed by atoms with Crippen LogP contribution in [0.5, 0.6) is 0 Å². The third-order valence-corrected chi connectivity index (χ3v) is 3.02. The first-order chi connectivity index (χ1) is 7.10. The summed E-state index contributed by atoms with van der Waals surface area (Å²) in [7, 11) is 1.67. The summed E-state index contributed by atoms with van der Waals surface area (Å²) in [5.74, 6) is 0.477. The molecule has 0 saturated heterocycles. The van der Waals surface area contributed by atoms with Crippen LogP contribution < -0.4 is 0 Å². The van der Waals surface area contributed by atoms with Crippen LogP contribution in [0.3, 0.4) is 0 Å². The van der Waals surface area contributed by atoms with Gasteiger partial charge in [0.05, 0.1) is 18.8 Å². The number of aromatic nitrogens is 4. The average molecular weight is 212 g/mol. The molecule has 1 fully saturated rings. The minimum Gasteiger partial charge on any atom is -0.390 e. The van der Waals surface area contributed by atoms with Crippen molar-refractivity contribution in [3.63, 3.8) is 0 Å². The molecule has 2 rings (SSSR count). The van der Waals surface area contributed by atoms with Gasteiger partial charge in [0.1, 0.15) is 0 Å². The van der Waals surface area contributed by atoms with Gasteiger partial charge in [0, 0.05) is 6.42 Å². The predicted molar refractivity (Wildman–Crippen MR) is 51.9 cm³/mol. The first-order valence-electron chi connectivity index (χ1n) is 5.23. The molecule has 1 unspecified atom stereocenters. The van der Waals surface area contributed by atoms with E-state index in [0.29, 0.717) is 18.7 Å². The van der Waals surface area contributed by atoms with Gasteiger partial charge < -0.3 is 10.2 Å². The van der Waals surface area contributed by atoms with Crippen LogP contribution in [0, 0.1) is 0 Å². The summed E-state index contributed by atoms with van der Waals surface area (Å²) in [6, 6.07) is 0. The van der Waals surface area contributed by atoms with Crippen LogP contribution in [0.25, 0.3) is 0 Å². The smallest absolute Gasteiger partial charge is 0.177 e. The number of rotatable bonds is 3. The second-order valence-electron chi connectivity index (χ2n) is 4.23. The second kappa shape index (κ2) is 3.86. The normalized spacial score (nSPS) is 21.8. The van der Waals surface area contributed by atoms with Crippen molar-refractivity contribution >= 4 is 0 Å². The maximum absolute atomic E-state index is 10.1. The van der Waals surface area contributed by atoms with Gasteiger partial charge in [-0.1, -0.05) is 12.8 Å². The molecule has 1 aliphatic carbocycles. The molecule has 1 aromatic rings. The van der Waals surface area contributed by atoms with Crippen LogP contribution in [-0.4, -0.2) is 42.1 Å². The number of hydrogen-bond acceptors (Lipinski definition) is 5. The van der Waals surface area contributed by atoms with Crippen LogP contribution in [-0.2, 0) is 13.5 Å². The summed E-state index contributed by atoms with van der Waals surface area (Å²) in [4.78, 5) is 1.35. The van der Waals surface area contributed by atoms with Gasteiger partial charge in [-0.15, -0.1) is 10.2 Å². The third-order valence-electron chi connectivity index (χ3n) is 3.02. The van der Waals surface area contributed by atoms with Gasteiger partial charge in [-0.25, -0.2) is 0 Å². The Kier molecular flexibility index (Phi) is 2.70. The average Bonchev–Trinajstić information content (AvgIpc) is 2.76. The lowest BCUT2D eigenvalue weighted by Gasteiger charge is -2.27. The van der Waals surface area contributed by atoms with Crippen molar-refractivity contribution in [2.75, 3.05) is 0 Å². The number of hydrogen-bond donors (Lipinski definition) is 2. The van der Waals surface area contributed by atoms with E-state index in [0.717, 1.165) is 12.8 Å². The zero-order chi connectivity index (χ0) is 10.9. The number of aliphatic hydroxyl groups excluding tert-OH is 1. The zero-order valence-electron chi connectivity index (χ0n) is 8.80. The Hall–Kier alpha value is -1.01. The van der Waals surface area contributed by atoms with E-state index in [1.807, 2.05) is 0 Å². The molecule has 1 heterocycles. The van der Waals surface area contributed by atoms with E-state index in [9.17, 15) is 10.2 Å². The van der Waals surface area contributed by atoms with Gasteiger partial charge in [0.2, 0.25) is 0 Å². The van der Waals surface area contributed by atoms with Gasteiger partial charge in [-0.2, -0.15) is 4.80 Å². The molecule has 1 atom stereocenters. The van der Waals surface area contributed by atoms with E-state index < -0.39 is 11.7 Å². The molecule has 1 aliphatic rings. The Morgan fingerprint density at radius 3 is 2.67 bits per heavy atom. The summed E-state index contributed by atoms with van der Waals surface area (Å²) in [6.45, 7) is 0. The maximum atomic E-state index is 10.1. The molecule has 1 aromatic heterocycles. The van der Waals surface area contributed by atoms with Crippen molar-refractivity contribution < 1.29 is 10.2 Å². The predicted octanol–water partition coefficient (Wildman–Crippen LogP) is -0.581. The summed E-state index contributed by atoms with van der Waals surface area (Å²) in [6.07, 6.45) is 2.75. The van der Waals surface area contributed by atoms with Crippen LogP contribution in [0.1, 0.15) is 31.5 Å². The quantitative estimate of drug-likeness (QED) is 0.700. The van der Waals surface area contributed by atoms with Gasteiger partial charge in [0.25, 0.3) is 0 Å². The fourth-order valence-electron chi connectivity index (χ4n) is 2.09. The number of tetrazole rings is 1. The molecular weight excluding hydrogens is 196 g/mol. The molecule has 15 heavy (non-hydrogen) atoms. The third kappa shape index (κ3) is 2.15. The first kappa shape index (κ1) is 10.5. The molecule has 0 spiro atoms. The summed E-state index contributed by atoms with van der Waals surface area (Å²) < 4.78 is 0. The zero-order valence-corrected chi connectivity index (χ0v) is 8.80. The summed E-state index contributed by atoms with van der Waals surface area (Å²) >= 11 is 0. The summed E-state index contributed by atoms with van der Waals surface area (Å²) in [5, 5.41) is 31.4. The lowest BCUT2D eigenvalue weighted by Crippen LogP contribution is -2.41. The molecule has 0 bridgehead atoms. The number of nitrogens with zero attached hydrogens (tertiary/aromatic N) is 4. The van der Waals surface area contributed by atoms with E-state index in [-0.39, 0.29) is 6.42 Å². The largest absolute Gasteiger partial charge is 0.390 e. The molecule has 0 amide bonds. The molecular formula is C9H16N4O2. The van der Waals surface area contributed by atoms with E-state index in [4.69, 9.17) is 0 Å². The van der Waals surface area contributed by atoms with Crippen LogP contribution in [0.15, 0.2) is 0 Å². The Bertz CT molecular complexity index is 333. The highest BCUT2D eigenvalue weighted by Crippen LogP contribution is 2.33. The topological polar surface area (TPSA) is 84.1 Å². The fourth-order valence-corrected chi connectivity index (χ4v) is 2.09. The fraction of sp³-hybridized carbons (Fsp3) is 0.889. The molecule has 0 aromatic carbocycles. The Morgan fingerprint density at radius 2 is 2.13 bits per heavy atom. The molecule has 0 aliphatic heterocycles. The highest BCUT2D eigenvalue weighted by Gasteiger charge is 2.38. The van der Waals surface area contributed by atoms with Crippen molar-refractivity contribution in [2.45, 2.75) is 43.8 Å². The van der Waals surface area contributed by atoms with Gasteiger partial charge in [-0.05, 0) is 18.1 Å². The van der Waals surface area contributed by atoms with Crippen LogP contribution >= 0.6 is 0 Å². The Balaban J connectivity index is 1.99. The van der Waals surface area contributed by atoms with Crippen molar-refractivity contribution in [3.05, 3.63) is 5.82 Å². The van der Waals surface area contributed by atoms with Crippen molar-refractivity contribution in [1.29, 1.82) is 0 Å². The van der Waals surface area contributed by atoms with Crippen LogP contribution in [0.2, 0.25) is 0 Å². The van der Waals surface area contributed by atoms with E-state index >= 15 is 0 Å². The first-order valence-corrected chi connectivity index (χ1v) is 5.23. The van der Waals surface area contributed by atoms with E-state index in [1.165, 1.54) is 4.80 Å². The van der Waals surface area contributed by atoms with Crippen molar-refractivity contribution in [2.24, 2.45) is 7.05 Å².